The number of carbonyl (C=O) groups is 2. The summed E-state index contributed by atoms with van der Waals surface area (Å²) in [6, 6.07) is 1.99. The van der Waals surface area contributed by atoms with E-state index in [1.54, 1.807) is 24.7 Å². The molecule has 0 aromatic carbocycles. The van der Waals surface area contributed by atoms with Crippen molar-refractivity contribution in [3.05, 3.63) is 70.8 Å². The van der Waals surface area contributed by atoms with E-state index in [0.29, 0.717) is 24.8 Å². The van der Waals surface area contributed by atoms with Crippen molar-refractivity contribution in [1.82, 2.24) is 0 Å². The molecule has 0 aliphatic heterocycles. The van der Waals surface area contributed by atoms with Crippen LogP contribution in [-0.2, 0) is 16.0 Å². The van der Waals surface area contributed by atoms with Gasteiger partial charge in [0.2, 0.25) is 0 Å². The van der Waals surface area contributed by atoms with Crippen molar-refractivity contribution in [3.8, 4) is 0 Å². The molecule has 0 aliphatic carbocycles. The summed E-state index contributed by atoms with van der Waals surface area (Å²) < 4.78 is 5.07. The van der Waals surface area contributed by atoms with Crippen LogP contribution in [0, 0.1) is 0 Å². The molecule has 164 valence electrons. The van der Waals surface area contributed by atoms with Gasteiger partial charge in [-0.2, -0.15) is 0 Å². The fraction of sp³-hybridized carbons (Fsp3) is 0.440. The minimum Gasteiger partial charge on any atom is -0.478 e. The molecule has 0 aliphatic rings. The van der Waals surface area contributed by atoms with Gasteiger partial charge < -0.3 is 14.6 Å². The number of aliphatic carboxylic acids is 2. The van der Waals surface area contributed by atoms with Crippen LogP contribution >= 0.6 is 0 Å². The highest BCUT2D eigenvalue weighted by Crippen LogP contribution is 2.15. The predicted molar refractivity (Wildman–Crippen MR) is 119 cm³/mol. The lowest BCUT2D eigenvalue weighted by atomic mass is 10.0. The first-order valence-corrected chi connectivity index (χ1v) is 10.4. The summed E-state index contributed by atoms with van der Waals surface area (Å²) in [6.45, 7) is 5.74. The van der Waals surface area contributed by atoms with Gasteiger partial charge in [0.1, 0.15) is 0 Å². The molecular weight excluding hydrogens is 380 g/mol. The molecular formula is C25H34O5. The second-order valence-corrected chi connectivity index (χ2v) is 7.61. The van der Waals surface area contributed by atoms with Crippen LogP contribution in [0.3, 0.4) is 0 Å². The van der Waals surface area contributed by atoms with Crippen LogP contribution in [0.25, 0.3) is 0 Å². The predicted octanol–water partition coefficient (Wildman–Crippen LogP) is 6.49. The minimum absolute atomic E-state index is 0.240. The Hall–Kier alpha value is -2.82. The van der Waals surface area contributed by atoms with Crippen molar-refractivity contribution in [3.63, 3.8) is 0 Å². The van der Waals surface area contributed by atoms with Crippen LogP contribution in [0.15, 0.2) is 69.6 Å². The second-order valence-electron chi connectivity index (χ2n) is 7.61. The number of rotatable bonds is 14. The van der Waals surface area contributed by atoms with E-state index < -0.39 is 11.9 Å². The van der Waals surface area contributed by atoms with E-state index in [0.717, 1.165) is 32.1 Å². The zero-order chi connectivity index (χ0) is 22.4. The fourth-order valence-corrected chi connectivity index (χ4v) is 2.97. The van der Waals surface area contributed by atoms with Gasteiger partial charge in [-0.25, -0.2) is 9.59 Å². The van der Waals surface area contributed by atoms with Crippen molar-refractivity contribution in [2.45, 2.75) is 72.1 Å². The lowest BCUT2D eigenvalue weighted by Crippen LogP contribution is -2.01. The summed E-state index contributed by atoms with van der Waals surface area (Å²) in [6.07, 6.45) is 17.6. The third-order valence-electron chi connectivity index (χ3n) is 4.94. The maximum Gasteiger partial charge on any atom is 0.331 e. The highest BCUT2D eigenvalue weighted by atomic mass is 16.4. The number of hydrogen-bond donors (Lipinski definition) is 2. The molecule has 30 heavy (non-hydrogen) atoms. The van der Waals surface area contributed by atoms with Gasteiger partial charge in [0.25, 0.3) is 0 Å². The van der Waals surface area contributed by atoms with Crippen LogP contribution < -0.4 is 0 Å². The van der Waals surface area contributed by atoms with Gasteiger partial charge in [-0.3, -0.25) is 0 Å². The largest absolute Gasteiger partial charge is 0.478 e. The molecule has 2 N–H and O–H groups in total. The highest BCUT2D eigenvalue weighted by Gasteiger charge is 2.07. The van der Waals surface area contributed by atoms with E-state index in [1.807, 2.05) is 6.07 Å². The molecule has 5 heteroatoms. The Morgan fingerprint density at radius 3 is 2.00 bits per heavy atom. The first-order valence-electron chi connectivity index (χ1n) is 10.4. The molecule has 0 bridgehead atoms. The van der Waals surface area contributed by atoms with Crippen LogP contribution in [0.5, 0.6) is 0 Å². The number of furan rings is 1. The SMILES string of the molecule is CC(=CCCC(C)=CCCc1ccoc1)CCC=C(CCC=C(C)C(=O)O)C(=O)O. The normalized spacial score (nSPS) is 13.6. The smallest absolute Gasteiger partial charge is 0.331 e. The van der Waals surface area contributed by atoms with Crippen LogP contribution in [0.4, 0.5) is 0 Å². The third-order valence-corrected chi connectivity index (χ3v) is 4.94. The van der Waals surface area contributed by atoms with E-state index >= 15 is 0 Å². The Morgan fingerprint density at radius 1 is 0.833 bits per heavy atom. The second kappa shape index (κ2) is 14.2. The van der Waals surface area contributed by atoms with Gasteiger partial charge in [0.15, 0.2) is 0 Å². The van der Waals surface area contributed by atoms with Crippen molar-refractivity contribution in [1.29, 1.82) is 0 Å². The molecule has 1 aromatic rings. The molecule has 1 aromatic heterocycles. The van der Waals surface area contributed by atoms with E-state index in [-0.39, 0.29) is 5.57 Å². The van der Waals surface area contributed by atoms with E-state index in [2.05, 4.69) is 26.0 Å². The van der Waals surface area contributed by atoms with Gasteiger partial charge in [0, 0.05) is 11.1 Å². The zero-order valence-electron chi connectivity index (χ0n) is 18.3. The van der Waals surface area contributed by atoms with E-state index in [4.69, 9.17) is 9.52 Å². The Bertz CT molecular complexity index is 792. The number of carboxylic acids is 2. The quantitative estimate of drug-likeness (QED) is 0.268. The number of carboxylic acid groups (broad SMARTS) is 2. The molecule has 0 saturated heterocycles. The molecule has 1 heterocycles. The Labute approximate surface area is 179 Å². The van der Waals surface area contributed by atoms with E-state index in [1.165, 1.54) is 23.6 Å². The van der Waals surface area contributed by atoms with Crippen molar-refractivity contribution >= 4 is 11.9 Å². The molecule has 0 unspecified atom stereocenters. The fourth-order valence-electron chi connectivity index (χ4n) is 2.97. The number of aryl methyl sites for hydroxylation is 1. The van der Waals surface area contributed by atoms with Gasteiger partial charge in [-0.1, -0.05) is 35.5 Å². The van der Waals surface area contributed by atoms with Gasteiger partial charge in [-0.05, 0) is 83.8 Å². The molecule has 0 spiro atoms. The topological polar surface area (TPSA) is 87.7 Å². The average Bonchev–Trinajstić information content (AvgIpc) is 3.19. The number of allylic oxidation sites excluding steroid dienone is 6. The van der Waals surface area contributed by atoms with Crippen LogP contribution in [0.2, 0.25) is 0 Å². The first-order chi connectivity index (χ1) is 14.3. The Morgan fingerprint density at radius 2 is 1.43 bits per heavy atom. The lowest BCUT2D eigenvalue weighted by molar-refractivity contribution is -0.133. The van der Waals surface area contributed by atoms with Crippen molar-refractivity contribution in [2.24, 2.45) is 0 Å². The van der Waals surface area contributed by atoms with Crippen LogP contribution in [-0.4, -0.2) is 22.2 Å². The maximum atomic E-state index is 11.4. The molecule has 0 radical (unpaired) electrons. The molecule has 0 amide bonds. The summed E-state index contributed by atoms with van der Waals surface area (Å²) in [4.78, 5) is 22.1. The average molecular weight is 415 g/mol. The Balaban J connectivity index is 2.36. The standard InChI is InChI=1S/C25H34O5/c1-19(10-5-13-22-16-17-30-18-22)8-4-9-20(2)11-6-14-23(25(28)29)15-7-12-21(3)24(26)27/h9-10,12,14,16-18H,4-8,11,13,15H2,1-3H3,(H,26,27)(H,28,29). The van der Waals surface area contributed by atoms with E-state index in [9.17, 15) is 14.7 Å². The Kier molecular flexibility index (Phi) is 11.9. The molecule has 0 saturated carbocycles. The molecule has 1 rings (SSSR count). The van der Waals surface area contributed by atoms with Crippen molar-refractivity contribution in [2.75, 3.05) is 0 Å². The number of hydrogen-bond acceptors (Lipinski definition) is 3. The van der Waals surface area contributed by atoms with Gasteiger partial charge in [-0.15, -0.1) is 0 Å². The first kappa shape index (κ1) is 25.2. The van der Waals surface area contributed by atoms with Crippen molar-refractivity contribution < 1.29 is 24.2 Å². The molecule has 0 atom stereocenters. The zero-order valence-corrected chi connectivity index (χ0v) is 18.3. The van der Waals surface area contributed by atoms with Gasteiger partial charge in [0.05, 0.1) is 12.5 Å². The summed E-state index contributed by atoms with van der Waals surface area (Å²) >= 11 is 0. The molecule has 5 nitrogen and oxygen atoms in total. The van der Waals surface area contributed by atoms with Crippen LogP contribution in [0.1, 0.15) is 71.3 Å². The van der Waals surface area contributed by atoms with Gasteiger partial charge >= 0.3 is 11.9 Å². The summed E-state index contributed by atoms with van der Waals surface area (Å²) in [5, 5.41) is 18.1. The minimum atomic E-state index is -0.973. The lowest BCUT2D eigenvalue weighted by Gasteiger charge is -2.03. The highest BCUT2D eigenvalue weighted by molar-refractivity contribution is 5.87. The third kappa shape index (κ3) is 11.2. The monoisotopic (exact) mass is 414 g/mol. The summed E-state index contributed by atoms with van der Waals surface area (Å²) in [5.41, 5.74) is 4.43. The molecule has 0 fully saturated rings. The maximum absolute atomic E-state index is 11.4. The summed E-state index contributed by atoms with van der Waals surface area (Å²) in [7, 11) is 0. The summed E-state index contributed by atoms with van der Waals surface area (Å²) in [5.74, 6) is -1.91.